The van der Waals surface area contributed by atoms with Gasteiger partial charge in [0.25, 0.3) is 0 Å². The van der Waals surface area contributed by atoms with Gasteiger partial charge in [-0.25, -0.2) is 0 Å². The number of rotatable bonds is 8. The van der Waals surface area contributed by atoms with E-state index in [2.05, 4.69) is 5.32 Å². The Morgan fingerprint density at radius 1 is 1.03 bits per heavy atom. The lowest BCUT2D eigenvalue weighted by Gasteiger charge is -2.32. The van der Waals surface area contributed by atoms with E-state index in [1.165, 1.54) is 18.3 Å². The Bertz CT molecular complexity index is 1140. The first-order valence-corrected chi connectivity index (χ1v) is 12.7. The maximum atomic E-state index is 13.7. The van der Waals surface area contributed by atoms with Crippen LogP contribution in [0.15, 0.2) is 66.0 Å². The van der Waals surface area contributed by atoms with E-state index >= 15 is 0 Å². The highest BCUT2D eigenvalue weighted by molar-refractivity contribution is 7.10. The summed E-state index contributed by atoms with van der Waals surface area (Å²) in [5.41, 5.74) is 1.79. The van der Waals surface area contributed by atoms with Crippen molar-refractivity contribution in [3.05, 3.63) is 87.1 Å². The molecule has 1 heterocycles. The zero-order valence-electron chi connectivity index (χ0n) is 19.0. The molecule has 3 aromatic rings. The normalized spacial score (nSPS) is 14.5. The zero-order valence-corrected chi connectivity index (χ0v) is 20.6. The van der Waals surface area contributed by atoms with Gasteiger partial charge in [-0.15, -0.1) is 11.3 Å². The first-order chi connectivity index (χ1) is 16.4. The average Bonchev–Trinajstić information content (AvgIpc) is 3.52. The third-order valence-corrected chi connectivity index (χ3v) is 7.25. The highest BCUT2D eigenvalue weighted by atomic mass is 35.5. The number of anilines is 1. The van der Waals surface area contributed by atoms with Crippen LogP contribution in [-0.4, -0.2) is 23.6 Å². The highest BCUT2D eigenvalue weighted by Gasteiger charge is 2.34. The first-order valence-electron chi connectivity index (χ1n) is 11.4. The molecule has 1 aromatic heterocycles. The van der Waals surface area contributed by atoms with Crippen LogP contribution in [0.4, 0.5) is 5.69 Å². The lowest BCUT2D eigenvalue weighted by atomic mass is 10.0. The summed E-state index contributed by atoms with van der Waals surface area (Å²) in [5.74, 6) is -0.472. The van der Waals surface area contributed by atoms with E-state index in [9.17, 15) is 14.4 Å². The fourth-order valence-electron chi connectivity index (χ4n) is 4.35. The third-order valence-electron chi connectivity index (χ3n) is 6.12. The number of halogens is 1. The van der Waals surface area contributed by atoms with E-state index in [0.29, 0.717) is 21.8 Å². The van der Waals surface area contributed by atoms with Crippen molar-refractivity contribution in [3.63, 3.8) is 0 Å². The molecule has 4 rings (SSSR count). The van der Waals surface area contributed by atoms with Crippen molar-refractivity contribution in [2.45, 2.75) is 51.1 Å². The molecule has 0 radical (unpaired) electrons. The molecule has 1 saturated carbocycles. The topological polar surface area (TPSA) is 66.5 Å². The van der Waals surface area contributed by atoms with E-state index in [-0.39, 0.29) is 30.1 Å². The molecule has 0 bridgehead atoms. The number of carbonyl (C=O) groups is 3. The minimum Gasteiger partial charge on any atom is -0.351 e. The van der Waals surface area contributed by atoms with E-state index in [4.69, 9.17) is 11.6 Å². The number of nitrogens with one attached hydrogen (secondary N) is 1. The number of carbonyl (C=O) groups excluding carboxylic acids is 3. The molecule has 1 aliphatic rings. The lowest BCUT2D eigenvalue weighted by Crippen LogP contribution is -2.46. The molecule has 0 aliphatic heterocycles. The molecule has 1 N–H and O–H groups in total. The number of nitrogens with zero attached hydrogens (tertiary/aromatic N) is 1. The van der Waals surface area contributed by atoms with Gasteiger partial charge in [-0.05, 0) is 73.2 Å². The van der Waals surface area contributed by atoms with Crippen molar-refractivity contribution in [2.24, 2.45) is 0 Å². The number of hydrogen-bond acceptors (Lipinski definition) is 4. The second kappa shape index (κ2) is 11.0. The van der Waals surface area contributed by atoms with Gasteiger partial charge in [-0.1, -0.05) is 42.6 Å². The monoisotopic (exact) mass is 494 g/mol. The summed E-state index contributed by atoms with van der Waals surface area (Å²) >= 11 is 7.63. The summed E-state index contributed by atoms with van der Waals surface area (Å²) in [5, 5.41) is 5.65. The molecule has 34 heavy (non-hydrogen) atoms. The molecular formula is C27H27ClN2O3S. The summed E-state index contributed by atoms with van der Waals surface area (Å²) in [6.07, 6.45) is 4.23. The van der Waals surface area contributed by atoms with Crippen molar-refractivity contribution in [1.82, 2.24) is 5.32 Å². The minimum atomic E-state index is -0.867. The van der Waals surface area contributed by atoms with Gasteiger partial charge in [-0.3, -0.25) is 19.3 Å². The van der Waals surface area contributed by atoms with E-state index in [1.807, 2.05) is 17.5 Å². The molecule has 1 unspecified atom stereocenters. The number of hydrogen-bond donors (Lipinski definition) is 1. The summed E-state index contributed by atoms with van der Waals surface area (Å²) in [6.45, 7) is 1.50. The Morgan fingerprint density at radius 3 is 2.29 bits per heavy atom. The van der Waals surface area contributed by atoms with Crippen molar-refractivity contribution in [3.8, 4) is 0 Å². The molecule has 2 aromatic carbocycles. The smallest absolute Gasteiger partial charge is 0.248 e. The highest BCUT2D eigenvalue weighted by Crippen LogP contribution is 2.31. The summed E-state index contributed by atoms with van der Waals surface area (Å²) in [6, 6.07) is 16.9. The molecule has 5 nitrogen and oxygen atoms in total. The Labute approximate surface area is 208 Å². The standard InChI is InChI=1S/C27H27ClN2O3S/c1-18(31)19-10-14-23(15-11-19)30(25(32)17-24-7-4-16-34-24)26(20-8-12-21(28)13-9-20)27(33)29-22-5-2-3-6-22/h4,7-16,22,26H,2-3,5-6,17H2,1H3,(H,29,33). The van der Waals surface area contributed by atoms with Crippen molar-refractivity contribution < 1.29 is 14.4 Å². The van der Waals surface area contributed by atoms with Crippen LogP contribution in [0.1, 0.15) is 59.4 Å². The zero-order chi connectivity index (χ0) is 24.1. The number of Topliss-reactive ketones (excluding diaryl/α,β-unsaturated/α-hetero) is 1. The van der Waals surface area contributed by atoms with Gasteiger partial charge in [0.15, 0.2) is 5.78 Å². The maximum Gasteiger partial charge on any atom is 0.248 e. The Morgan fingerprint density at radius 2 is 1.71 bits per heavy atom. The molecule has 7 heteroatoms. The molecular weight excluding hydrogens is 468 g/mol. The van der Waals surface area contributed by atoms with Crippen molar-refractivity contribution in [1.29, 1.82) is 0 Å². The minimum absolute atomic E-state index is 0.0590. The van der Waals surface area contributed by atoms with E-state index in [1.54, 1.807) is 53.4 Å². The second-order valence-corrected chi connectivity index (χ2v) is 10.0. The van der Waals surface area contributed by atoms with Gasteiger partial charge >= 0.3 is 0 Å². The van der Waals surface area contributed by atoms with Crippen molar-refractivity contribution in [2.75, 3.05) is 4.90 Å². The van der Waals surface area contributed by atoms with Gasteiger partial charge in [0.2, 0.25) is 11.8 Å². The van der Waals surface area contributed by atoms with Crippen LogP contribution < -0.4 is 10.2 Å². The Hall–Kier alpha value is -2.96. The predicted molar refractivity (Wildman–Crippen MR) is 137 cm³/mol. The first kappa shape index (κ1) is 24.2. The number of amides is 2. The molecule has 176 valence electrons. The Balaban J connectivity index is 1.76. The number of ketones is 1. The van der Waals surface area contributed by atoms with Gasteiger partial charge in [0.1, 0.15) is 6.04 Å². The van der Waals surface area contributed by atoms with Crippen LogP contribution in [0.25, 0.3) is 0 Å². The van der Waals surface area contributed by atoms with Crippen LogP contribution in [0.2, 0.25) is 5.02 Å². The van der Waals surface area contributed by atoms with Crippen LogP contribution >= 0.6 is 22.9 Å². The largest absolute Gasteiger partial charge is 0.351 e. The SMILES string of the molecule is CC(=O)c1ccc(N(C(=O)Cc2cccs2)C(C(=O)NC2CCCC2)c2ccc(Cl)cc2)cc1. The predicted octanol–water partition coefficient (Wildman–Crippen LogP) is 5.98. The summed E-state index contributed by atoms with van der Waals surface area (Å²) in [4.78, 5) is 41.7. The molecule has 0 spiro atoms. The van der Waals surface area contributed by atoms with Gasteiger partial charge in [-0.2, -0.15) is 0 Å². The van der Waals surface area contributed by atoms with E-state index < -0.39 is 6.04 Å². The number of benzene rings is 2. The second-order valence-electron chi connectivity index (χ2n) is 8.57. The van der Waals surface area contributed by atoms with Crippen LogP contribution in [0, 0.1) is 0 Å². The van der Waals surface area contributed by atoms with Gasteiger partial charge in [0, 0.05) is 27.2 Å². The molecule has 0 saturated heterocycles. The molecule has 1 aliphatic carbocycles. The summed E-state index contributed by atoms with van der Waals surface area (Å²) in [7, 11) is 0. The van der Waals surface area contributed by atoms with Crippen LogP contribution in [-0.2, 0) is 16.0 Å². The fraction of sp³-hybridized carbons (Fsp3) is 0.296. The van der Waals surface area contributed by atoms with Gasteiger partial charge < -0.3 is 5.32 Å². The van der Waals surface area contributed by atoms with Gasteiger partial charge in [0.05, 0.1) is 6.42 Å². The quantitative estimate of drug-likeness (QED) is 0.392. The molecule has 2 amide bonds. The van der Waals surface area contributed by atoms with E-state index in [0.717, 1.165) is 30.6 Å². The summed E-state index contributed by atoms with van der Waals surface area (Å²) < 4.78 is 0. The maximum absolute atomic E-state index is 13.7. The van der Waals surface area contributed by atoms with Crippen LogP contribution in [0.5, 0.6) is 0 Å². The number of thiophene rings is 1. The average molecular weight is 495 g/mol. The van der Waals surface area contributed by atoms with Crippen LogP contribution in [0.3, 0.4) is 0 Å². The molecule has 1 atom stereocenters. The Kier molecular flexibility index (Phi) is 7.80. The molecule has 1 fully saturated rings. The lowest BCUT2D eigenvalue weighted by molar-refractivity contribution is -0.127. The third kappa shape index (κ3) is 5.75. The van der Waals surface area contributed by atoms with Crippen molar-refractivity contribution >= 4 is 46.2 Å². The fourth-order valence-corrected chi connectivity index (χ4v) is 5.18.